The predicted molar refractivity (Wildman–Crippen MR) is 179 cm³/mol. The highest BCUT2D eigenvalue weighted by Crippen LogP contribution is 2.43. The summed E-state index contributed by atoms with van der Waals surface area (Å²) in [6.07, 6.45) is 4.10. The number of nitrogens with one attached hydrogen (secondary N) is 2. The number of benzene rings is 3. The number of hydrogen-bond acceptors (Lipinski definition) is 8. The number of hydrogen-bond donors (Lipinski definition) is 3. The number of nitrogens with zero attached hydrogens (tertiary/aromatic N) is 2. The van der Waals surface area contributed by atoms with Gasteiger partial charge in [0.05, 0.1) is 23.2 Å². The van der Waals surface area contributed by atoms with E-state index in [1.165, 1.54) is 12.3 Å². The van der Waals surface area contributed by atoms with Crippen LogP contribution in [-0.4, -0.2) is 41.0 Å². The first kappa shape index (κ1) is 34.5. The summed E-state index contributed by atoms with van der Waals surface area (Å²) in [5.41, 5.74) is 5.02. The van der Waals surface area contributed by atoms with E-state index in [0.29, 0.717) is 58.2 Å². The first-order chi connectivity index (χ1) is 23.3. The van der Waals surface area contributed by atoms with Gasteiger partial charge in [-0.3, -0.25) is 14.6 Å². The SMILES string of the molecule is CCNC(=O)CCC(=O)[C@H](CO)NCc1cc(Cl)c(O[C@H]2CCc3c(-c4ccccc4F)cccc32)cc1OCc1cncc(C#N)c1. The lowest BCUT2D eigenvalue weighted by Crippen LogP contribution is -2.40. The lowest BCUT2D eigenvalue weighted by molar-refractivity contribution is -0.126. The molecule has 1 aliphatic carbocycles. The third kappa shape index (κ3) is 8.36. The number of halogens is 2. The molecule has 0 aliphatic heterocycles. The van der Waals surface area contributed by atoms with E-state index in [1.807, 2.05) is 24.3 Å². The standard InChI is InChI=1S/C37H36ClFN4O5/c1-2-42-37(46)13-11-33(45)32(21-44)43-20-25-15-30(38)36(16-35(25)47-22-24-14-23(17-40)18-41-19-24)48-34-12-10-27-26(7-5-8-29(27)34)28-6-3-4-9-31(28)39/h3-9,14-16,18-19,32,34,43-44H,2,10-13,20-22H2,1H3,(H,42,46)/t32-,34-/m0/s1. The topological polar surface area (TPSA) is 134 Å². The minimum Gasteiger partial charge on any atom is -0.488 e. The lowest BCUT2D eigenvalue weighted by Gasteiger charge is -2.21. The molecule has 0 unspecified atom stereocenters. The molecule has 11 heteroatoms. The summed E-state index contributed by atoms with van der Waals surface area (Å²) < 4.78 is 27.4. The molecule has 0 radical (unpaired) electrons. The molecule has 1 amide bonds. The van der Waals surface area contributed by atoms with Gasteiger partial charge < -0.3 is 25.2 Å². The quantitative estimate of drug-likeness (QED) is 0.140. The Morgan fingerprint density at radius 3 is 2.69 bits per heavy atom. The van der Waals surface area contributed by atoms with E-state index in [1.54, 1.807) is 43.5 Å². The number of aliphatic hydroxyl groups excluding tert-OH is 1. The zero-order valence-corrected chi connectivity index (χ0v) is 27.2. The van der Waals surface area contributed by atoms with Gasteiger partial charge in [0, 0.05) is 61.1 Å². The molecule has 0 bridgehead atoms. The van der Waals surface area contributed by atoms with Crippen molar-refractivity contribution in [2.24, 2.45) is 0 Å². The maximum absolute atomic E-state index is 14.7. The summed E-state index contributed by atoms with van der Waals surface area (Å²) in [4.78, 5) is 28.7. The van der Waals surface area contributed by atoms with Gasteiger partial charge in [0.2, 0.25) is 5.91 Å². The van der Waals surface area contributed by atoms with E-state index < -0.39 is 12.6 Å². The second-order valence-corrected chi connectivity index (χ2v) is 11.8. The number of aliphatic hydroxyl groups is 1. The Morgan fingerprint density at radius 1 is 1.10 bits per heavy atom. The van der Waals surface area contributed by atoms with Gasteiger partial charge in [0.25, 0.3) is 0 Å². The van der Waals surface area contributed by atoms with Gasteiger partial charge in [-0.1, -0.05) is 48.0 Å². The van der Waals surface area contributed by atoms with Crippen molar-refractivity contribution in [1.82, 2.24) is 15.6 Å². The molecule has 0 saturated heterocycles. The number of ketones is 1. The van der Waals surface area contributed by atoms with Crippen LogP contribution in [0.3, 0.4) is 0 Å². The van der Waals surface area contributed by atoms with Gasteiger partial charge in [-0.15, -0.1) is 0 Å². The molecule has 3 aromatic carbocycles. The van der Waals surface area contributed by atoms with Crippen LogP contribution in [0.1, 0.15) is 60.1 Å². The van der Waals surface area contributed by atoms with Crippen LogP contribution in [0.2, 0.25) is 5.02 Å². The van der Waals surface area contributed by atoms with Crippen LogP contribution in [0.4, 0.5) is 4.39 Å². The van der Waals surface area contributed by atoms with Crippen molar-refractivity contribution in [2.75, 3.05) is 13.2 Å². The Morgan fingerprint density at radius 2 is 1.92 bits per heavy atom. The highest BCUT2D eigenvalue weighted by atomic mass is 35.5. The molecule has 4 aromatic rings. The van der Waals surface area contributed by atoms with E-state index in [9.17, 15) is 24.3 Å². The maximum atomic E-state index is 14.7. The summed E-state index contributed by atoms with van der Waals surface area (Å²) in [6.45, 7) is 2.01. The average Bonchev–Trinajstić information content (AvgIpc) is 3.51. The fourth-order valence-corrected chi connectivity index (χ4v) is 5.99. The average molecular weight is 671 g/mol. The number of ether oxygens (including phenoxy) is 2. The third-order valence-corrected chi connectivity index (χ3v) is 8.46. The minimum atomic E-state index is -0.905. The Labute approximate surface area is 283 Å². The maximum Gasteiger partial charge on any atom is 0.220 e. The van der Waals surface area contributed by atoms with Crippen LogP contribution in [-0.2, 0) is 29.2 Å². The van der Waals surface area contributed by atoms with Crippen LogP contribution in [0.25, 0.3) is 11.1 Å². The summed E-state index contributed by atoms with van der Waals surface area (Å²) in [5.74, 6) is -0.0265. The minimum absolute atomic E-state index is 0.0231. The van der Waals surface area contributed by atoms with E-state index in [-0.39, 0.29) is 49.6 Å². The number of aromatic nitrogens is 1. The highest BCUT2D eigenvalue weighted by Gasteiger charge is 2.28. The third-order valence-electron chi connectivity index (χ3n) is 8.16. The number of fused-ring (bicyclic) bond motifs is 1. The van der Waals surface area contributed by atoms with Crippen molar-refractivity contribution in [1.29, 1.82) is 5.26 Å². The van der Waals surface area contributed by atoms with Gasteiger partial charge in [-0.25, -0.2) is 4.39 Å². The van der Waals surface area contributed by atoms with Crippen LogP contribution in [0, 0.1) is 17.1 Å². The number of pyridine rings is 1. The van der Waals surface area contributed by atoms with Crippen molar-refractivity contribution in [2.45, 2.75) is 57.9 Å². The smallest absolute Gasteiger partial charge is 0.220 e. The van der Waals surface area contributed by atoms with Gasteiger partial charge in [-0.05, 0) is 54.7 Å². The molecule has 0 saturated carbocycles. The number of nitriles is 1. The number of rotatable bonds is 15. The Hall–Kier alpha value is -4.82. The molecule has 3 N–H and O–H groups in total. The number of carbonyl (C=O) groups is 2. The molecule has 9 nitrogen and oxygen atoms in total. The second-order valence-electron chi connectivity index (χ2n) is 11.4. The molecule has 1 heterocycles. The van der Waals surface area contributed by atoms with Gasteiger partial charge in [-0.2, -0.15) is 5.26 Å². The van der Waals surface area contributed by atoms with Crippen LogP contribution < -0.4 is 20.1 Å². The largest absolute Gasteiger partial charge is 0.488 e. The Balaban J connectivity index is 1.38. The predicted octanol–water partition coefficient (Wildman–Crippen LogP) is 5.99. The molecule has 1 aromatic heterocycles. The fraction of sp³-hybridized carbons (Fsp3) is 0.297. The Bertz CT molecular complexity index is 1830. The van der Waals surface area contributed by atoms with Crippen LogP contribution in [0.5, 0.6) is 11.5 Å². The zero-order chi connectivity index (χ0) is 34.0. The van der Waals surface area contributed by atoms with Crippen LogP contribution >= 0.6 is 11.6 Å². The van der Waals surface area contributed by atoms with E-state index >= 15 is 0 Å². The monoisotopic (exact) mass is 670 g/mol. The molecule has 48 heavy (non-hydrogen) atoms. The van der Waals surface area contributed by atoms with E-state index in [2.05, 4.69) is 21.7 Å². The number of Topliss-reactive ketones (excluding diaryl/α,β-unsaturated/α-hetero) is 1. The van der Waals surface area contributed by atoms with Crippen molar-refractivity contribution in [3.05, 3.63) is 112 Å². The normalized spacial score (nSPS) is 14.1. The van der Waals surface area contributed by atoms with Crippen LogP contribution in [0.15, 0.2) is 73.1 Å². The van der Waals surface area contributed by atoms with E-state index in [0.717, 1.165) is 16.7 Å². The molecule has 5 rings (SSSR count). The lowest BCUT2D eigenvalue weighted by atomic mass is 9.96. The first-order valence-corrected chi connectivity index (χ1v) is 16.1. The van der Waals surface area contributed by atoms with Crippen molar-refractivity contribution in [3.63, 3.8) is 0 Å². The van der Waals surface area contributed by atoms with E-state index in [4.69, 9.17) is 21.1 Å². The molecule has 1 aliphatic rings. The van der Waals surface area contributed by atoms with Crippen molar-refractivity contribution in [3.8, 4) is 28.7 Å². The molecular formula is C37H36ClFN4O5. The zero-order valence-electron chi connectivity index (χ0n) is 26.5. The number of amides is 1. The highest BCUT2D eigenvalue weighted by molar-refractivity contribution is 6.32. The molecule has 0 fully saturated rings. The van der Waals surface area contributed by atoms with Crippen molar-refractivity contribution >= 4 is 23.3 Å². The second kappa shape index (κ2) is 16.3. The molecular weight excluding hydrogens is 635 g/mol. The molecule has 2 atom stereocenters. The molecule has 0 spiro atoms. The van der Waals surface area contributed by atoms with Gasteiger partial charge in [0.15, 0.2) is 5.78 Å². The summed E-state index contributed by atoms with van der Waals surface area (Å²) >= 11 is 6.77. The van der Waals surface area contributed by atoms with Crippen molar-refractivity contribution < 1.29 is 28.6 Å². The summed E-state index contributed by atoms with van der Waals surface area (Å²) in [5, 5.41) is 25.3. The Kier molecular flexibility index (Phi) is 11.7. The van der Waals surface area contributed by atoms with Gasteiger partial charge in [0.1, 0.15) is 36.1 Å². The molecule has 248 valence electrons. The number of carbonyl (C=O) groups excluding carboxylic acids is 2. The summed E-state index contributed by atoms with van der Waals surface area (Å²) in [7, 11) is 0. The fourth-order valence-electron chi connectivity index (χ4n) is 5.76. The first-order valence-electron chi connectivity index (χ1n) is 15.8. The summed E-state index contributed by atoms with van der Waals surface area (Å²) in [6, 6.07) is 18.7. The van der Waals surface area contributed by atoms with Gasteiger partial charge >= 0.3 is 0 Å².